The third kappa shape index (κ3) is 4.09. The first-order chi connectivity index (χ1) is 13.1. The minimum Gasteiger partial charge on any atom is -0.481 e. The van der Waals surface area contributed by atoms with Gasteiger partial charge in [-0.05, 0) is 49.0 Å². The van der Waals surface area contributed by atoms with Crippen LogP contribution in [0.5, 0.6) is 0 Å². The van der Waals surface area contributed by atoms with Gasteiger partial charge >= 0.3 is 5.97 Å². The van der Waals surface area contributed by atoms with E-state index >= 15 is 0 Å². The van der Waals surface area contributed by atoms with Gasteiger partial charge in [-0.3, -0.25) is 14.4 Å². The maximum absolute atomic E-state index is 12.9. The summed E-state index contributed by atoms with van der Waals surface area (Å²) in [6.07, 6.45) is 5.40. The highest BCUT2D eigenvalue weighted by atomic mass is 32.1. The van der Waals surface area contributed by atoms with Crippen LogP contribution in [-0.4, -0.2) is 22.9 Å². The first kappa shape index (κ1) is 20.8. The number of hydrogen-bond acceptors (Lipinski definition) is 4. The van der Waals surface area contributed by atoms with E-state index in [-0.39, 0.29) is 11.3 Å². The number of thiophene rings is 1. The Morgan fingerprint density at radius 3 is 2.32 bits per heavy atom. The molecule has 1 aromatic heterocycles. The minimum absolute atomic E-state index is 0.175. The fourth-order valence-corrected chi connectivity index (χ4v) is 5.95. The summed E-state index contributed by atoms with van der Waals surface area (Å²) in [4.78, 5) is 37.7. The highest BCUT2D eigenvalue weighted by molar-refractivity contribution is 7.17. The molecule has 1 heterocycles. The molecule has 7 heteroatoms. The van der Waals surface area contributed by atoms with Crippen LogP contribution in [0.25, 0.3) is 0 Å². The van der Waals surface area contributed by atoms with Gasteiger partial charge in [-0.1, -0.05) is 33.6 Å². The summed E-state index contributed by atoms with van der Waals surface area (Å²) in [7, 11) is 0. The van der Waals surface area contributed by atoms with Crippen molar-refractivity contribution in [2.24, 2.45) is 28.9 Å². The first-order valence-electron chi connectivity index (χ1n) is 10.1. The molecule has 3 atom stereocenters. The predicted octanol–water partition coefficient (Wildman–Crippen LogP) is 3.83. The van der Waals surface area contributed by atoms with E-state index in [9.17, 15) is 19.5 Å². The topological polar surface area (TPSA) is 109 Å². The van der Waals surface area contributed by atoms with Gasteiger partial charge in [-0.15, -0.1) is 11.3 Å². The monoisotopic (exact) mass is 406 g/mol. The summed E-state index contributed by atoms with van der Waals surface area (Å²) in [6, 6.07) is 0. The number of carboxylic acid groups (broad SMARTS) is 1. The zero-order chi connectivity index (χ0) is 20.6. The van der Waals surface area contributed by atoms with Gasteiger partial charge in [-0.25, -0.2) is 0 Å². The van der Waals surface area contributed by atoms with Crippen LogP contribution in [-0.2, 0) is 22.4 Å². The van der Waals surface area contributed by atoms with Gasteiger partial charge < -0.3 is 16.2 Å². The van der Waals surface area contributed by atoms with Crippen molar-refractivity contribution in [1.29, 1.82) is 0 Å². The molecule has 2 aliphatic rings. The summed E-state index contributed by atoms with van der Waals surface area (Å²) in [5.74, 6) is -2.47. The third-order valence-electron chi connectivity index (χ3n) is 6.39. The number of rotatable bonds is 4. The molecular weight excluding hydrogens is 376 g/mol. The molecule has 1 aromatic rings. The Hall–Kier alpha value is -1.89. The molecule has 0 bridgehead atoms. The van der Waals surface area contributed by atoms with E-state index in [1.165, 1.54) is 11.3 Å². The zero-order valence-electron chi connectivity index (χ0n) is 16.8. The number of aliphatic carboxylic acids is 1. The van der Waals surface area contributed by atoms with E-state index in [0.29, 0.717) is 29.3 Å². The molecule has 154 valence electrons. The van der Waals surface area contributed by atoms with Gasteiger partial charge in [0.05, 0.1) is 17.4 Å². The molecule has 4 N–H and O–H groups in total. The summed E-state index contributed by atoms with van der Waals surface area (Å²) < 4.78 is 0. The Balaban J connectivity index is 1.86. The van der Waals surface area contributed by atoms with Gasteiger partial charge in [0.1, 0.15) is 5.00 Å². The fraction of sp³-hybridized carbons (Fsp3) is 0.667. The van der Waals surface area contributed by atoms with Crippen molar-refractivity contribution in [3.63, 3.8) is 0 Å². The maximum Gasteiger partial charge on any atom is 0.307 e. The van der Waals surface area contributed by atoms with E-state index in [0.717, 1.165) is 42.5 Å². The molecule has 6 nitrogen and oxygen atoms in total. The van der Waals surface area contributed by atoms with Gasteiger partial charge in [-0.2, -0.15) is 0 Å². The molecule has 1 saturated carbocycles. The van der Waals surface area contributed by atoms with Gasteiger partial charge in [0, 0.05) is 4.88 Å². The Morgan fingerprint density at radius 1 is 1.11 bits per heavy atom. The van der Waals surface area contributed by atoms with Crippen molar-refractivity contribution < 1.29 is 19.5 Å². The molecular formula is C21H30N2O4S. The molecule has 2 amide bonds. The van der Waals surface area contributed by atoms with Gasteiger partial charge in [0.2, 0.25) is 5.91 Å². The lowest BCUT2D eigenvalue weighted by atomic mass is 9.72. The number of nitrogens with one attached hydrogen (secondary N) is 1. The van der Waals surface area contributed by atoms with Crippen molar-refractivity contribution in [2.45, 2.75) is 65.7 Å². The van der Waals surface area contributed by atoms with Crippen LogP contribution in [0.2, 0.25) is 0 Å². The molecule has 0 aliphatic heterocycles. The van der Waals surface area contributed by atoms with E-state index in [4.69, 9.17) is 5.73 Å². The molecule has 0 aromatic carbocycles. The summed E-state index contributed by atoms with van der Waals surface area (Å²) >= 11 is 1.43. The zero-order valence-corrected chi connectivity index (χ0v) is 17.7. The van der Waals surface area contributed by atoms with Crippen molar-refractivity contribution >= 4 is 34.1 Å². The van der Waals surface area contributed by atoms with E-state index in [1.807, 2.05) is 0 Å². The summed E-state index contributed by atoms with van der Waals surface area (Å²) in [5.41, 5.74) is 7.22. The Labute approximate surface area is 169 Å². The van der Waals surface area contributed by atoms with Crippen molar-refractivity contribution in [2.75, 3.05) is 5.32 Å². The largest absolute Gasteiger partial charge is 0.481 e. The normalized spacial score (nSPS) is 25.0. The van der Waals surface area contributed by atoms with Crippen LogP contribution >= 0.6 is 11.3 Å². The second kappa shape index (κ2) is 7.85. The second-order valence-electron chi connectivity index (χ2n) is 9.20. The number of hydrogen-bond donors (Lipinski definition) is 3. The van der Waals surface area contributed by atoms with Crippen LogP contribution in [0.15, 0.2) is 0 Å². The van der Waals surface area contributed by atoms with Crippen molar-refractivity contribution in [3.8, 4) is 0 Å². The molecule has 1 fully saturated rings. The van der Waals surface area contributed by atoms with E-state index in [1.54, 1.807) is 0 Å². The summed E-state index contributed by atoms with van der Waals surface area (Å²) in [6.45, 7) is 6.68. The first-order valence-corrected chi connectivity index (χ1v) is 10.9. The quantitative estimate of drug-likeness (QED) is 0.706. The highest BCUT2D eigenvalue weighted by Gasteiger charge is 2.38. The lowest BCUT2D eigenvalue weighted by Crippen LogP contribution is -2.36. The van der Waals surface area contributed by atoms with Gasteiger partial charge in [0.15, 0.2) is 0 Å². The molecule has 2 aliphatic carbocycles. The fourth-order valence-electron chi connectivity index (χ4n) is 4.62. The number of carbonyl (C=O) groups excluding carboxylic acids is 2. The van der Waals surface area contributed by atoms with Crippen LogP contribution < -0.4 is 11.1 Å². The smallest absolute Gasteiger partial charge is 0.307 e. The average Bonchev–Trinajstić information content (AvgIpc) is 2.97. The third-order valence-corrected chi connectivity index (χ3v) is 7.56. The Kier molecular flexibility index (Phi) is 5.84. The molecule has 28 heavy (non-hydrogen) atoms. The number of anilines is 1. The number of fused-ring (bicyclic) bond motifs is 1. The van der Waals surface area contributed by atoms with Crippen LogP contribution in [0.4, 0.5) is 5.00 Å². The number of amides is 2. The standard InChI is InChI=1S/C21H30N2O4S/c1-21(2,3)11-8-9-14-15(10-11)28-19(16(14)17(22)24)23-18(25)12-6-4-5-7-13(12)20(26)27/h11-13H,4-10H2,1-3H3,(H2,22,24)(H,23,25)(H,26,27)/t11-,12+,13-/m0/s1. The number of nitrogens with two attached hydrogens (primary N) is 1. The van der Waals surface area contributed by atoms with Crippen LogP contribution in [0, 0.1) is 23.2 Å². The molecule has 0 unspecified atom stereocenters. The molecule has 0 saturated heterocycles. The average molecular weight is 407 g/mol. The van der Waals surface area contributed by atoms with Crippen molar-refractivity contribution in [3.05, 3.63) is 16.0 Å². The number of carbonyl (C=O) groups is 3. The van der Waals surface area contributed by atoms with E-state index < -0.39 is 23.7 Å². The second-order valence-corrected chi connectivity index (χ2v) is 10.3. The van der Waals surface area contributed by atoms with Crippen LogP contribution in [0.3, 0.4) is 0 Å². The predicted molar refractivity (Wildman–Crippen MR) is 110 cm³/mol. The molecule has 3 rings (SSSR count). The Bertz CT molecular complexity index is 793. The number of primary amides is 1. The number of carboxylic acids is 1. The SMILES string of the molecule is CC(C)(C)[C@H]1CCc2c(sc(NC(=O)[C@@H]3CCCC[C@@H]3C(=O)O)c2C(N)=O)C1. The molecule has 0 radical (unpaired) electrons. The Morgan fingerprint density at radius 2 is 1.75 bits per heavy atom. The lowest BCUT2D eigenvalue weighted by Gasteiger charge is -2.33. The van der Waals surface area contributed by atoms with Crippen molar-refractivity contribution in [1.82, 2.24) is 0 Å². The highest BCUT2D eigenvalue weighted by Crippen LogP contribution is 2.44. The van der Waals surface area contributed by atoms with E-state index in [2.05, 4.69) is 26.1 Å². The minimum atomic E-state index is -0.923. The van der Waals surface area contributed by atoms with Crippen LogP contribution in [0.1, 0.15) is 73.7 Å². The van der Waals surface area contributed by atoms with Gasteiger partial charge in [0.25, 0.3) is 5.91 Å². The molecule has 0 spiro atoms. The maximum atomic E-state index is 12.9. The summed E-state index contributed by atoms with van der Waals surface area (Å²) in [5, 5.41) is 12.8. The lowest BCUT2D eigenvalue weighted by molar-refractivity contribution is -0.147.